The van der Waals surface area contributed by atoms with Crippen LogP contribution in [0.3, 0.4) is 0 Å². The molecule has 4 nitrogen and oxygen atoms in total. The van der Waals surface area contributed by atoms with E-state index in [2.05, 4.69) is 12.2 Å². The number of hydrogen-bond donors (Lipinski definition) is 3. The smallest absolute Gasteiger partial charge is 0.324 e. The summed E-state index contributed by atoms with van der Waals surface area (Å²) in [5, 5.41) is 21.8. The molecule has 0 radical (unpaired) electrons. The van der Waals surface area contributed by atoms with Crippen LogP contribution >= 0.6 is 11.8 Å². The highest BCUT2D eigenvalue weighted by Gasteiger charge is 2.47. The van der Waals surface area contributed by atoms with Crippen LogP contribution in [0.25, 0.3) is 0 Å². The molecule has 0 aromatic heterocycles. The molecule has 0 saturated heterocycles. The Morgan fingerprint density at radius 1 is 1.61 bits per heavy atom. The molecule has 0 spiro atoms. The van der Waals surface area contributed by atoms with E-state index in [9.17, 15) is 9.90 Å². The standard InChI is InChI=1S/C13H25NO3S/c1-10(5-8-15)18-9-6-11-4-3-7-13(11,14-2)12(16)17/h10-11,14-15H,3-9H2,1-2H3,(H,16,17). The van der Waals surface area contributed by atoms with Gasteiger partial charge in [-0.05, 0) is 44.4 Å². The first kappa shape index (κ1) is 15.8. The quantitative estimate of drug-likeness (QED) is 0.629. The molecule has 0 aliphatic heterocycles. The van der Waals surface area contributed by atoms with Crippen molar-refractivity contribution in [1.82, 2.24) is 5.32 Å². The highest BCUT2D eigenvalue weighted by Crippen LogP contribution is 2.39. The number of thioether (sulfide) groups is 1. The summed E-state index contributed by atoms with van der Waals surface area (Å²) in [5.74, 6) is 0.498. The first-order chi connectivity index (χ1) is 8.56. The van der Waals surface area contributed by atoms with Gasteiger partial charge in [-0.3, -0.25) is 4.79 Å². The van der Waals surface area contributed by atoms with Crippen molar-refractivity contribution >= 4 is 17.7 Å². The molecule has 1 aliphatic carbocycles. The summed E-state index contributed by atoms with van der Waals surface area (Å²) in [6.07, 6.45) is 4.48. The zero-order valence-electron chi connectivity index (χ0n) is 11.3. The average Bonchev–Trinajstić information content (AvgIpc) is 2.73. The van der Waals surface area contributed by atoms with Crippen LogP contribution in [0.5, 0.6) is 0 Å². The lowest BCUT2D eigenvalue weighted by Gasteiger charge is -2.31. The fraction of sp³-hybridized carbons (Fsp3) is 0.923. The highest BCUT2D eigenvalue weighted by molar-refractivity contribution is 7.99. The third-order valence-corrected chi connectivity index (χ3v) is 5.33. The molecule has 18 heavy (non-hydrogen) atoms. The number of aliphatic hydroxyl groups is 1. The molecule has 0 amide bonds. The Bertz CT molecular complexity index is 275. The summed E-state index contributed by atoms with van der Waals surface area (Å²) in [6, 6.07) is 0. The molecule has 3 unspecified atom stereocenters. The molecule has 0 aromatic carbocycles. The maximum absolute atomic E-state index is 11.5. The van der Waals surface area contributed by atoms with Crippen molar-refractivity contribution in [2.24, 2.45) is 5.92 Å². The summed E-state index contributed by atoms with van der Waals surface area (Å²) in [7, 11) is 1.76. The van der Waals surface area contributed by atoms with Crippen LogP contribution < -0.4 is 5.32 Å². The number of carboxylic acids is 1. The lowest BCUT2D eigenvalue weighted by Crippen LogP contribution is -2.53. The lowest BCUT2D eigenvalue weighted by molar-refractivity contribution is -0.146. The van der Waals surface area contributed by atoms with Gasteiger partial charge in [0.2, 0.25) is 0 Å². The first-order valence-corrected chi connectivity index (χ1v) is 7.76. The SMILES string of the molecule is CNC1(C(=O)O)CCCC1CCSC(C)CCO. The lowest BCUT2D eigenvalue weighted by atomic mass is 9.85. The van der Waals surface area contributed by atoms with Crippen LogP contribution in [0.1, 0.15) is 39.0 Å². The molecule has 5 heteroatoms. The van der Waals surface area contributed by atoms with Gasteiger partial charge >= 0.3 is 5.97 Å². The van der Waals surface area contributed by atoms with E-state index in [4.69, 9.17) is 5.11 Å². The summed E-state index contributed by atoms with van der Waals surface area (Å²) in [4.78, 5) is 11.5. The Kier molecular flexibility index (Phi) is 6.46. The van der Waals surface area contributed by atoms with Crippen molar-refractivity contribution in [3.8, 4) is 0 Å². The highest BCUT2D eigenvalue weighted by atomic mass is 32.2. The van der Waals surface area contributed by atoms with E-state index in [0.29, 0.717) is 5.25 Å². The van der Waals surface area contributed by atoms with Crippen molar-refractivity contribution in [2.45, 2.75) is 49.8 Å². The van der Waals surface area contributed by atoms with Gasteiger partial charge in [0, 0.05) is 11.9 Å². The van der Waals surface area contributed by atoms with E-state index < -0.39 is 11.5 Å². The zero-order valence-corrected chi connectivity index (χ0v) is 12.1. The van der Waals surface area contributed by atoms with Crippen molar-refractivity contribution < 1.29 is 15.0 Å². The van der Waals surface area contributed by atoms with E-state index in [-0.39, 0.29) is 12.5 Å². The van der Waals surface area contributed by atoms with Gasteiger partial charge in [0.15, 0.2) is 0 Å². The van der Waals surface area contributed by atoms with Gasteiger partial charge in [-0.1, -0.05) is 13.3 Å². The Morgan fingerprint density at radius 2 is 2.33 bits per heavy atom. The second-order valence-corrected chi connectivity index (χ2v) is 6.64. The molecule has 3 N–H and O–H groups in total. The third kappa shape index (κ3) is 3.62. The number of carboxylic acid groups (broad SMARTS) is 1. The Labute approximate surface area is 114 Å². The van der Waals surface area contributed by atoms with Crippen molar-refractivity contribution in [3.63, 3.8) is 0 Å². The second kappa shape index (κ2) is 7.36. The molecule has 1 fully saturated rings. The largest absolute Gasteiger partial charge is 0.480 e. The molecule has 0 aromatic rings. The molecule has 1 saturated carbocycles. The van der Waals surface area contributed by atoms with Crippen molar-refractivity contribution in [2.75, 3.05) is 19.4 Å². The minimum Gasteiger partial charge on any atom is -0.480 e. The van der Waals surface area contributed by atoms with Crippen LogP contribution in [0, 0.1) is 5.92 Å². The molecular weight excluding hydrogens is 250 g/mol. The monoisotopic (exact) mass is 275 g/mol. The Morgan fingerprint density at radius 3 is 2.89 bits per heavy atom. The normalized spacial score (nSPS) is 29.4. The number of carbonyl (C=O) groups is 1. The molecule has 3 atom stereocenters. The number of hydrogen-bond acceptors (Lipinski definition) is 4. The van der Waals surface area contributed by atoms with Gasteiger partial charge in [0.05, 0.1) is 0 Å². The first-order valence-electron chi connectivity index (χ1n) is 6.71. The minimum atomic E-state index is -0.708. The van der Waals surface area contributed by atoms with E-state index in [1.165, 1.54) is 0 Å². The zero-order chi connectivity index (χ0) is 13.6. The number of aliphatic carboxylic acids is 1. The number of nitrogens with one attached hydrogen (secondary N) is 1. The van der Waals surface area contributed by atoms with Crippen LogP contribution in [0.2, 0.25) is 0 Å². The van der Waals surface area contributed by atoms with Crippen LogP contribution in [-0.2, 0) is 4.79 Å². The maximum Gasteiger partial charge on any atom is 0.324 e. The van der Waals surface area contributed by atoms with E-state index in [1.807, 2.05) is 11.8 Å². The van der Waals surface area contributed by atoms with Gasteiger partial charge < -0.3 is 15.5 Å². The molecule has 0 bridgehead atoms. The van der Waals surface area contributed by atoms with Crippen molar-refractivity contribution in [1.29, 1.82) is 0 Å². The van der Waals surface area contributed by atoms with Crippen LogP contribution in [0.4, 0.5) is 0 Å². The number of aliphatic hydroxyl groups excluding tert-OH is 1. The van der Waals surface area contributed by atoms with Gasteiger partial charge in [-0.2, -0.15) is 11.8 Å². The van der Waals surface area contributed by atoms with E-state index in [0.717, 1.165) is 37.9 Å². The van der Waals surface area contributed by atoms with Crippen molar-refractivity contribution in [3.05, 3.63) is 0 Å². The van der Waals surface area contributed by atoms with Gasteiger partial charge in [-0.15, -0.1) is 0 Å². The predicted molar refractivity (Wildman–Crippen MR) is 75.0 cm³/mol. The van der Waals surface area contributed by atoms with Crippen LogP contribution in [0.15, 0.2) is 0 Å². The molecule has 106 valence electrons. The molecule has 1 aliphatic rings. The summed E-state index contributed by atoms with van der Waals surface area (Å²) < 4.78 is 0. The third-order valence-electron chi connectivity index (χ3n) is 4.05. The summed E-state index contributed by atoms with van der Waals surface area (Å²) in [6.45, 7) is 2.34. The Hall–Kier alpha value is -0.260. The topological polar surface area (TPSA) is 69.6 Å². The van der Waals surface area contributed by atoms with Gasteiger partial charge in [-0.25, -0.2) is 0 Å². The van der Waals surface area contributed by atoms with E-state index >= 15 is 0 Å². The second-order valence-electron chi connectivity index (χ2n) is 5.10. The fourth-order valence-corrected chi connectivity index (χ4v) is 3.96. The summed E-state index contributed by atoms with van der Waals surface area (Å²) >= 11 is 1.83. The number of rotatable bonds is 8. The predicted octanol–water partition coefficient (Wildman–Crippen LogP) is 1.72. The average molecular weight is 275 g/mol. The maximum atomic E-state index is 11.5. The molecular formula is C13H25NO3S. The van der Waals surface area contributed by atoms with E-state index in [1.54, 1.807) is 7.05 Å². The Balaban J connectivity index is 2.43. The molecule has 1 rings (SSSR count). The summed E-state index contributed by atoms with van der Waals surface area (Å²) in [5.41, 5.74) is -0.708. The fourth-order valence-electron chi connectivity index (χ4n) is 2.86. The number of likely N-dealkylation sites (N-methyl/N-ethyl adjacent to an activating group) is 1. The minimum absolute atomic E-state index is 0.229. The van der Waals surface area contributed by atoms with Gasteiger partial charge in [0.1, 0.15) is 5.54 Å². The van der Waals surface area contributed by atoms with Gasteiger partial charge in [0.25, 0.3) is 0 Å². The van der Waals surface area contributed by atoms with Crippen LogP contribution in [-0.4, -0.2) is 46.4 Å². The molecule has 0 heterocycles.